The molecular formula is C42H37N3O2. The normalized spacial score (nSPS) is 21.6. The van der Waals surface area contributed by atoms with Crippen LogP contribution in [0.15, 0.2) is 147 Å². The van der Waals surface area contributed by atoms with Crippen molar-refractivity contribution in [2.75, 3.05) is 0 Å². The van der Waals surface area contributed by atoms with Gasteiger partial charge < -0.3 is 15.1 Å². The molecule has 0 radical (unpaired) electrons. The minimum absolute atomic E-state index is 0.0505. The maximum Gasteiger partial charge on any atom is 0.181 e. The summed E-state index contributed by atoms with van der Waals surface area (Å²) in [6, 6.07) is 21.1. The summed E-state index contributed by atoms with van der Waals surface area (Å²) in [5, 5.41) is 9.39. The summed E-state index contributed by atoms with van der Waals surface area (Å²) in [5.74, 6) is 2.10. The zero-order valence-electron chi connectivity index (χ0n) is 26.5. The number of hydrogen-bond acceptors (Lipinski definition) is 5. The highest BCUT2D eigenvalue weighted by atomic mass is 16.3. The second kappa shape index (κ2) is 12.4. The minimum Gasteiger partial charge on any atom is -0.456 e. The van der Waals surface area contributed by atoms with Crippen molar-refractivity contribution in [1.82, 2.24) is 10.6 Å². The number of benzene rings is 3. The zero-order valence-corrected chi connectivity index (χ0v) is 26.5. The fraction of sp³-hybridized carbons (Fsp3) is 0.190. The third-order valence-electron chi connectivity index (χ3n) is 9.60. The zero-order chi connectivity index (χ0) is 31.7. The Hall–Kier alpha value is -5.42. The fourth-order valence-corrected chi connectivity index (χ4v) is 6.98. The molecule has 8 rings (SSSR count). The van der Waals surface area contributed by atoms with Crippen LogP contribution < -0.4 is 10.6 Å². The molecule has 3 aliphatic carbocycles. The van der Waals surface area contributed by atoms with Crippen LogP contribution in [0.4, 0.5) is 0 Å². The van der Waals surface area contributed by atoms with Crippen LogP contribution >= 0.6 is 0 Å². The fourth-order valence-electron chi connectivity index (χ4n) is 6.98. The first kappa shape index (κ1) is 29.0. The van der Waals surface area contributed by atoms with Gasteiger partial charge in [0, 0.05) is 27.8 Å². The molecule has 5 nitrogen and oxygen atoms in total. The Morgan fingerprint density at radius 1 is 0.936 bits per heavy atom. The van der Waals surface area contributed by atoms with Gasteiger partial charge in [-0.15, -0.1) is 0 Å². The standard InChI is InChI=1S/C42H37N3O2/c1-27(19-24-36(46)33-21-20-29-13-8-9-16-31(29)25-33)40-43-41(30-14-6-3-7-15-30)45-42(44-40)35-17-10-18-37-39(35)34-23-22-32(26-38(34)47-37)28-11-4-2-5-12-28/h2-6,8-11,13-14,16-19,22-26,28,42,44H,7,12,15,20-21H2,1H3,(H,43,45). The van der Waals surface area contributed by atoms with Crippen molar-refractivity contribution in [2.45, 2.75) is 51.1 Å². The first-order valence-corrected chi connectivity index (χ1v) is 16.6. The summed E-state index contributed by atoms with van der Waals surface area (Å²) in [7, 11) is 0. The summed E-state index contributed by atoms with van der Waals surface area (Å²) < 4.78 is 6.46. The average Bonchev–Trinajstić information content (AvgIpc) is 3.52. The van der Waals surface area contributed by atoms with Gasteiger partial charge in [-0.2, -0.15) is 0 Å². The van der Waals surface area contributed by atoms with Crippen LogP contribution in [0.5, 0.6) is 0 Å². The topological polar surface area (TPSA) is 66.6 Å². The van der Waals surface area contributed by atoms with Crippen molar-refractivity contribution in [3.8, 4) is 0 Å². The first-order chi connectivity index (χ1) is 23.1. The van der Waals surface area contributed by atoms with Gasteiger partial charge in [0.15, 0.2) is 5.78 Å². The molecule has 0 spiro atoms. The van der Waals surface area contributed by atoms with Crippen LogP contribution in [-0.2, 0) is 11.2 Å². The van der Waals surface area contributed by atoms with Gasteiger partial charge in [-0.25, -0.2) is 4.99 Å². The average molecular weight is 616 g/mol. The molecule has 47 heavy (non-hydrogen) atoms. The van der Waals surface area contributed by atoms with E-state index in [9.17, 15) is 4.79 Å². The Kier molecular flexibility index (Phi) is 7.66. The molecule has 5 heteroatoms. The molecule has 0 amide bonds. The van der Waals surface area contributed by atoms with Crippen molar-refractivity contribution in [3.05, 3.63) is 160 Å². The van der Waals surface area contributed by atoms with Crippen LogP contribution in [0.2, 0.25) is 0 Å². The quantitative estimate of drug-likeness (QED) is 0.212. The van der Waals surface area contributed by atoms with Crippen LogP contribution in [-0.4, -0.2) is 11.6 Å². The molecule has 3 aromatic carbocycles. The number of carbonyl (C=O) groups is 1. The van der Waals surface area contributed by atoms with Gasteiger partial charge in [0.05, 0.1) is 0 Å². The second-order valence-electron chi connectivity index (χ2n) is 12.7. The molecule has 232 valence electrons. The van der Waals surface area contributed by atoms with Crippen molar-refractivity contribution < 1.29 is 9.21 Å². The maximum absolute atomic E-state index is 13.3. The van der Waals surface area contributed by atoms with E-state index in [4.69, 9.17) is 9.41 Å². The highest BCUT2D eigenvalue weighted by Crippen LogP contribution is 2.38. The molecule has 2 atom stereocenters. The number of rotatable bonds is 6. The molecule has 0 saturated carbocycles. The number of hydrogen-bond donors (Lipinski definition) is 2. The number of ketones is 1. The van der Waals surface area contributed by atoms with Gasteiger partial charge in [-0.05, 0) is 91.1 Å². The molecule has 4 aliphatic rings. The van der Waals surface area contributed by atoms with E-state index < -0.39 is 0 Å². The van der Waals surface area contributed by atoms with E-state index in [-0.39, 0.29) is 11.9 Å². The highest BCUT2D eigenvalue weighted by Gasteiger charge is 2.26. The van der Waals surface area contributed by atoms with Crippen molar-refractivity contribution >= 4 is 39.6 Å². The van der Waals surface area contributed by atoms with E-state index in [1.807, 2.05) is 37.3 Å². The molecule has 2 heterocycles. The summed E-state index contributed by atoms with van der Waals surface area (Å²) in [6.07, 6.45) is 25.0. The van der Waals surface area contributed by atoms with Crippen LogP contribution in [0, 0.1) is 0 Å². The Balaban J connectivity index is 1.15. The van der Waals surface area contributed by atoms with Gasteiger partial charge in [0.1, 0.15) is 29.0 Å². The molecular weight excluding hydrogens is 578 g/mol. The van der Waals surface area contributed by atoms with Crippen molar-refractivity contribution in [2.24, 2.45) is 4.99 Å². The number of fused-ring (bicyclic) bond motifs is 4. The van der Waals surface area contributed by atoms with Gasteiger partial charge in [0.2, 0.25) is 0 Å². The Morgan fingerprint density at radius 3 is 2.74 bits per heavy atom. The number of nitrogens with one attached hydrogen (secondary N) is 2. The minimum atomic E-state index is -0.347. The number of nitrogens with zero attached hydrogens (tertiary/aromatic N) is 1. The first-order valence-electron chi connectivity index (χ1n) is 16.6. The lowest BCUT2D eigenvalue weighted by molar-refractivity contribution is -0.111. The van der Waals surface area contributed by atoms with E-state index in [0.717, 1.165) is 88.0 Å². The van der Waals surface area contributed by atoms with Gasteiger partial charge in [0.25, 0.3) is 0 Å². The number of allylic oxidation sites excluding steroid dienone is 11. The van der Waals surface area contributed by atoms with Gasteiger partial charge in [-0.3, -0.25) is 4.79 Å². The largest absolute Gasteiger partial charge is 0.456 e. The summed E-state index contributed by atoms with van der Waals surface area (Å²) in [4.78, 5) is 18.5. The smallest absolute Gasteiger partial charge is 0.181 e. The third kappa shape index (κ3) is 5.74. The monoisotopic (exact) mass is 615 g/mol. The lowest BCUT2D eigenvalue weighted by atomic mass is 9.90. The Bertz CT molecular complexity index is 2160. The molecule has 0 fully saturated rings. The van der Waals surface area contributed by atoms with E-state index in [1.165, 1.54) is 16.7 Å². The van der Waals surface area contributed by atoms with Gasteiger partial charge in [-0.1, -0.05) is 97.1 Å². The Morgan fingerprint density at radius 2 is 1.87 bits per heavy atom. The molecule has 1 aliphatic heterocycles. The number of aliphatic imine (C=N–C) groups is 1. The number of aryl methyl sites for hydroxylation is 1. The number of carbonyl (C=O) groups excluding carboxylic acids is 1. The van der Waals surface area contributed by atoms with Crippen LogP contribution in [0.1, 0.15) is 66.9 Å². The summed E-state index contributed by atoms with van der Waals surface area (Å²) in [5.41, 5.74) is 9.43. The van der Waals surface area contributed by atoms with Gasteiger partial charge >= 0.3 is 0 Å². The number of amidine groups is 1. The van der Waals surface area contributed by atoms with E-state index in [1.54, 1.807) is 6.08 Å². The summed E-state index contributed by atoms with van der Waals surface area (Å²) >= 11 is 0. The van der Waals surface area contributed by atoms with E-state index in [2.05, 4.69) is 95.6 Å². The van der Waals surface area contributed by atoms with Crippen LogP contribution in [0.25, 0.3) is 28.0 Å². The molecule has 0 bridgehead atoms. The second-order valence-corrected chi connectivity index (χ2v) is 12.7. The Labute approximate surface area is 275 Å². The highest BCUT2D eigenvalue weighted by molar-refractivity contribution is 6.08. The summed E-state index contributed by atoms with van der Waals surface area (Å²) in [6.45, 7) is 2.03. The maximum atomic E-state index is 13.3. The molecule has 0 saturated heterocycles. The predicted molar refractivity (Wildman–Crippen MR) is 192 cm³/mol. The molecule has 2 N–H and O–H groups in total. The lowest BCUT2D eigenvalue weighted by Gasteiger charge is -2.30. The SMILES string of the molecule is CC(C=CC(=O)C1=Cc2ccccc2CC1)=C1NC(C2=CC=CCC2)=NC(c2cccc3oc4cc(C5C=CC=CC5)ccc4c23)N1. The third-order valence-corrected chi connectivity index (χ3v) is 9.60. The molecule has 4 aromatic rings. The molecule has 1 aromatic heterocycles. The van der Waals surface area contributed by atoms with Crippen LogP contribution in [0.3, 0.4) is 0 Å². The van der Waals surface area contributed by atoms with E-state index in [0.29, 0.717) is 5.92 Å². The number of furan rings is 1. The van der Waals surface area contributed by atoms with Crippen molar-refractivity contribution in [3.63, 3.8) is 0 Å². The van der Waals surface area contributed by atoms with E-state index >= 15 is 0 Å². The lowest BCUT2D eigenvalue weighted by Crippen LogP contribution is -2.41. The molecule has 2 unspecified atom stereocenters. The van der Waals surface area contributed by atoms with Crippen molar-refractivity contribution in [1.29, 1.82) is 0 Å². The predicted octanol–water partition coefficient (Wildman–Crippen LogP) is 9.44.